The fourth-order valence-electron chi connectivity index (χ4n) is 5.31. The van der Waals surface area contributed by atoms with Crippen LogP contribution in [0.4, 0.5) is 0 Å². The summed E-state index contributed by atoms with van der Waals surface area (Å²) in [5, 5.41) is 29.6. The molecule has 7 aromatic rings. The fourth-order valence-corrected chi connectivity index (χ4v) is 5.31. The van der Waals surface area contributed by atoms with Crippen LogP contribution in [0, 0.1) is 0 Å². The van der Waals surface area contributed by atoms with Crippen molar-refractivity contribution in [2.75, 3.05) is 0 Å². The third-order valence-corrected chi connectivity index (χ3v) is 6.97. The van der Waals surface area contributed by atoms with Gasteiger partial charge in [-0.25, -0.2) is 19.6 Å². The minimum absolute atomic E-state index is 0.431. The summed E-state index contributed by atoms with van der Waals surface area (Å²) in [6.45, 7) is 0. The van der Waals surface area contributed by atoms with Crippen LogP contribution in [0.3, 0.4) is 0 Å². The highest BCUT2D eigenvalue weighted by Crippen LogP contribution is 2.51. The van der Waals surface area contributed by atoms with Crippen molar-refractivity contribution in [2.45, 2.75) is 6.10 Å². The maximum Gasteiger partial charge on any atom is 0.162 e. The topological polar surface area (TPSA) is 159 Å². The highest BCUT2D eigenvalue weighted by molar-refractivity contribution is 6.16. The van der Waals surface area contributed by atoms with Gasteiger partial charge in [0.2, 0.25) is 0 Å². The molecule has 1 aliphatic rings. The second-order valence-electron chi connectivity index (χ2n) is 9.39. The quantitative estimate of drug-likeness (QED) is 0.292. The number of fused-ring (bicyclic) bond motifs is 1. The number of hydrogen-bond donors (Lipinski definition) is 1. The second kappa shape index (κ2) is 10.2. The molecule has 206 valence electrons. The van der Waals surface area contributed by atoms with Crippen LogP contribution in [0.5, 0.6) is 0 Å². The van der Waals surface area contributed by atoms with Crippen molar-refractivity contribution in [3.05, 3.63) is 110 Å². The third-order valence-electron chi connectivity index (χ3n) is 6.97. The van der Waals surface area contributed by atoms with Gasteiger partial charge in [-0.05, 0) is 53.8 Å². The highest BCUT2D eigenvalue weighted by atomic mass is 16.5. The maximum atomic E-state index is 6.10. The van der Waals surface area contributed by atoms with Gasteiger partial charge in [0, 0.05) is 40.7 Å². The molecule has 0 fully saturated rings. The Morgan fingerprint density at radius 2 is 1.70 bits per heavy atom. The smallest absolute Gasteiger partial charge is 0.162 e. The van der Waals surface area contributed by atoms with Crippen molar-refractivity contribution in [3.8, 4) is 51.0 Å². The van der Waals surface area contributed by atoms with Crippen molar-refractivity contribution in [3.63, 3.8) is 0 Å². The first-order chi connectivity index (χ1) is 21.4. The van der Waals surface area contributed by atoms with Crippen LogP contribution in [0.2, 0.25) is 0 Å². The lowest BCUT2D eigenvalue weighted by molar-refractivity contribution is 0.183. The molecule has 0 saturated heterocycles. The number of furan rings is 1. The summed E-state index contributed by atoms with van der Waals surface area (Å²) in [4.78, 5) is 14.1. The van der Waals surface area contributed by atoms with Crippen molar-refractivity contribution in [1.82, 2.24) is 55.6 Å². The first-order valence-electron chi connectivity index (χ1n) is 13.2. The molecule has 0 radical (unpaired) electrons. The molecule has 0 bridgehead atoms. The molecule has 6 aromatic heterocycles. The lowest BCUT2D eigenvalue weighted by atomic mass is 9.86. The van der Waals surface area contributed by atoms with E-state index in [4.69, 9.17) is 24.2 Å². The molecule has 1 N–H and O–H groups in total. The zero-order chi connectivity index (χ0) is 28.6. The Labute approximate surface area is 242 Å². The van der Waals surface area contributed by atoms with Crippen LogP contribution in [0.25, 0.3) is 61.9 Å². The van der Waals surface area contributed by atoms with Crippen LogP contribution in [-0.2, 0) is 4.74 Å². The van der Waals surface area contributed by atoms with Crippen molar-refractivity contribution in [1.29, 1.82) is 0 Å². The molecule has 13 nitrogen and oxygen atoms in total. The van der Waals surface area contributed by atoms with Gasteiger partial charge in [0.05, 0.1) is 41.7 Å². The molecule has 0 saturated carbocycles. The molecule has 1 unspecified atom stereocenters. The minimum Gasteiger partial charge on any atom is -0.488 e. The molecule has 1 aliphatic heterocycles. The SMILES string of the molecule is C1=COC(c2nn(-c3ccccn3)c3c(-c4ncccn4)c(-c4ccnnn4)c(-c4c[nH]nn4)c(-c4ccco4)c23)C=C1. The van der Waals surface area contributed by atoms with E-state index in [1.807, 2.05) is 48.6 Å². The van der Waals surface area contributed by atoms with Crippen LogP contribution in [0.1, 0.15) is 11.8 Å². The summed E-state index contributed by atoms with van der Waals surface area (Å²) < 4.78 is 14.0. The van der Waals surface area contributed by atoms with Gasteiger partial charge in [0.25, 0.3) is 0 Å². The highest BCUT2D eigenvalue weighted by Gasteiger charge is 2.34. The summed E-state index contributed by atoms with van der Waals surface area (Å²) in [6, 6.07) is 12.9. The molecular formula is C30H19N11O2. The van der Waals surface area contributed by atoms with E-state index in [0.29, 0.717) is 62.3 Å². The Morgan fingerprint density at radius 1 is 0.791 bits per heavy atom. The molecule has 1 atom stereocenters. The molecule has 7 heterocycles. The number of aromatic nitrogens is 11. The minimum atomic E-state index is -0.521. The van der Waals surface area contributed by atoms with Crippen LogP contribution < -0.4 is 0 Å². The number of H-pyrrole nitrogens is 1. The van der Waals surface area contributed by atoms with E-state index in [1.165, 1.54) is 0 Å². The van der Waals surface area contributed by atoms with Gasteiger partial charge >= 0.3 is 0 Å². The molecule has 0 spiro atoms. The lowest BCUT2D eigenvalue weighted by Crippen LogP contribution is -2.05. The van der Waals surface area contributed by atoms with Crippen molar-refractivity contribution < 1.29 is 9.15 Å². The number of nitrogens with one attached hydrogen (secondary N) is 1. The normalized spacial score (nSPS) is 14.3. The zero-order valence-corrected chi connectivity index (χ0v) is 22.2. The van der Waals surface area contributed by atoms with Gasteiger partial charge in [0.1, 0.15) is 17.1 Å². The van der Waals surface area contributed by atoms with Crippen LogP contribution >= 0.6 is 0 Å². The molecule has 8 rings (SSSR count). The van der Waals surface area contributed by atoms with Gasteiger partial charge in [-0.15, -0.1) is 15.3 Å². The first kappa shape index (κ1) is 24.4. The maximum absolute atomic E-state index is 6.10. The largest absolute Gasteiger partial charge is 0.488 e. The summed E-state index contributed by atoms with van der Waals surface area (Å²) in [7, 11) is 0. The summed E-state index contributed by atoms with van der Waals surface area (Å²) in [5.74, 6) is 1.59. The predicted molar refractivity (Wildman–Crippen MR) is 154 cm³/mol. The number of benzene rings is 1. The number of aromatic amines is 1. The zero-order valence-electron chi connectivity index (χ0n) is 22.2. The molecule has 0 aliphatic carbocycles. The van der Waals surface area contributed by atoms with E-state index in [0.717, 1.165) is 5.39 Å². The van der Waals surface area contributed by atoms with Crippen molar-refractivity contribution >= 4 is 10.9 Å². The Kier molecular flexibility index (Phi) is 5.81. The third kappa shape index (κ3) is 4.06. The van der Waals surface area contributed by atoms with E-state index in [1.54, 1.807) is 60.3 Å². The predicted octanol–water partition coefficient (Wildman–Crippen LogP) is 4.92. The van der Waals surface area contributed by atoms with Gasteiger partial charge in [-0.2, -0.15) is 5.10 Å². The fraction of sp³-hybridized carbons (Fsp3) is 0.0333. The van der Waals surface area contributed by atoms with Crippen LogP contribution in [0.15, 0.2) is 109 Å². The van der Waals surface area contributed by atoms with Gasteiger partial charge in [0.15, 0.2) is 17.7 Å². The van der Waals surface area contributed by atoms with Gasteiger partial charge in [-0.1, -0.05) is 17.4 Å². The lowest BCUT2D eigenvalue weighted by Gasteiger charge is -2.20. The standard InChI is InChI=1S/C30H19N11O2/c1-3-11-31-22(9-1)41-29-26(28(38-41)21-7-2-4-15-43-21)25(20-8-5-16-42-20)24(19-17-35-40-37-19)23(18-10-14-34-39-36-18)27(29)30-32-12-6-13-33-30/h1-17,21H,(H,35,37,40). The summed E-state index contributed by atoms with van der Waals surface area (Å²) in [6.07, 6.45) is 16.8. The number of rotatable bonds is 6. The van der Waals surface area contributed by atoms with Crippen molar-refractivity contribution in [2.24, 2.45) is 0 Å². The monoisotopic (exact) mass is 565 g/mol. The van der Waals surface area contributed by atoms with E-state index >= 15 is 0 Å². The molecule has 0 amide bonds. The molecule has 1 aromatic carbocycles. The Morgan fingerprint density at radius 3 is 2.42 bits per heavy atom. The Balaban J connectivity index is 1.67. The number of ether oxygens (including phenoxy) is 1. The Hall–Kier alpha value is -6.37. The average molecular weight is 566 g/mol. The van der Waals surface area contributed by atoms with Gasteiger partial charge < -0.3 is 9.15 Å². The molecule has 13 heteroatoms. The number of pyridine rings is 1. The molecule has 43 heavy (non-hydrogen) atoms. The number of hydrogen-bond acceptors (Lipinski definition) is 11. The summed E-state index contributed by atoms with van der Waals surface area (Å²) >= 11 is 0. The summed E-state index contributed by atoms with van der Waals surface area (Å²) in [5.41, 5.74) is 4.97. The van der Waals surface area contributed by atoms with E-state index < -0.39 is 6.10 Å². The second-order valence-corrected chi connectivity index (χ2v) is 9.39. The average Bonchev–Trinajstić information content (AvgIpc) is 3.88. The number of nitrogens with zero attached hydrogens (tertiary/aromatic N) is 10. The van der Waals surface area contributed by atoms with E-state index in [-0.39, 0.29) is 0 Å². The Bertz CT molecular complexity index is 2090. The van der Waals surface area contributed by atoms with Gasteiger partial charge in [-0.3, -0.25) is 5.10 Å². The van der Waals surface area contributed by atoms with E-state index in [2.05, 4.69) is 35.8 Å². The molecular weight excluding hydrogens is 546 g/mol. The first-order valence-corrected chi connectivity index (χ1v) is 13.2. The number of allylic oxidation sites excluding steroid dienone is 2. The van der Waals surface area contributed by atoms with E-state index in [9.17, 15) is 0 Å². The van der Waals surface area contributed by atoms with Crippen LogP contribution in [-0.4, -0.2) is 55.6 Å².